The second-order valence-electron chi connectivity index (χ2n) is 22.3. The van der Waals surface area contributed by atoms with E-state index in [0.717, 1.165) is 81.1 Å². The van der Waals surface area contributed by atoms with E-state index >= 15 is 0 Å². The number of Topliss-reactive ketones (excluding diaryl/α,β-unsaturated/α-hetero) is 1. The Bertz CT molecular complexity index is 2470. The molecule has 5 aromatic rings. The number of carbonyl (C=O) groups excluding carboxylic acids is 4. The van der Waals surface area contributed by atoms with Gasteiger partial charge in [0.05, 0.1) is 30.6 Å². The van der Waals surface area contributed by atoms with E-state index in [-0.39, 0.29) is 67.2 Å². The smallest absolute Gasteiger partial charge is 0.245 e. The van der Waals surface area contributed by atoms with Crippen LogP contribution in [0.2, 0.25) is 0 Å². The molecule has 3 aromatic carbocycles. The second-order valence-corrected chi connectivity index (χ2v) is 22.3. The number of aliphatic hydroxyl groups is 2. The zero-order valence-corrected chi connectivity index (χ0v) is 43.6. The van der Waals surface area contributed by atoms with Gasteiger partial charge in [0.15, 0.2) is 0 Å². The molecule has 0 spiro atoms. The molecule has 2 aliphatic rings. The fraction of sp³-hybridized carbons (Fsp3) is 0.552. The third-order valence-electron chi connectivity index (χ3n) is 15.6. The van der Waals surface area contributed by atoms with E-state index in [1.807, 2.05) is 69.5 Å². The van der Waals surface area contributed by atoms with Crippen molar-refractivity contribution in [3.05, 3.63) is 83.9 Å². The predicted octanol–water partition coefficient (Wildman–Crippen LogP) is 8.79. The number of benzene rings is 3. The van der Waals surface area contributed by atoms with Crippen molar-refractivity contribution in [1.29, 1.82) is 0 Å². The SMILES string of the molecule is CC[C@@H](C)C(=O)NC(C(=O)N1CCC[C@H]1Cc1c(-c2ccc(-c3c(C[C@@H]4CCCN4C(=O)[C@@H](CC(=O)[C@H](C)NC)C(C)(C)C)c4ccccc4n3CCO)cc2)n(CCO)c2ccccc12)C(C)(C)C. The summed E-state index contributed by atoms with van der Waals surface area (Å²) in [7, 11) is 1.78. The molecule has 378 valence electrons. The molecule has 1 unspecified atom stereocenters. The van der Waals surface area contributed by atoms with Crippen molar-refractivity contribution in [1.82, 2.24) is 29.6 Å². The first-order valence-corrected chi connectivity index (χ1v) is 26.0. The van der Waals surface area contributed by atoms with Gasteiger partial charge in [-0.1, -0.05) is 116 Å². The first-order chi connectivity index (χ1) is 33.3. The number of hydrogen-bond donors (Lipinski definition) is 4. The fourth-order valence-electron chi connectivity index (χ4n) is 11.2. The lowest BCUT2D eigenvalue weighted by molar-refractivity contribution is -0.143. The molecule has 12 nitrogen and oxygen atoms in total. The van der Waals surface area contributed by atoms with Crippen LogP contribution in [0.25, 0.3) is 44.3 Å². The topological polar surface area (TPSA) is 149 Å². The minimum Gasteiger partial charge on any atom is -0.395 e. The summed E-state index contributed by atoms with van der Waals surface area (Å²) in [4.78, 5) is 59.9. The molecule has 0 saturated carbocycles. The van der Waals surface area contributed by atoms with Crippen molar-refractivity contribution in [3.8, 4) is 22.5 Å². The van der Waals surface area contributed by atoms with Crippen LogP contribution in [-0.4, -0.2) is 110 Å². The molecule has 3 amide bonds. The average Bonchev–Trinajstić information content (AvgIpc) is 4.14. The maximum atomic E-state index is 14.7. The van der Waals surface area contributed by atoms with E-state index < -0.39 is 22.8 Å². The monoisotopic (exact) mass is 957 g/mol. The van der Waals surface area contributed by atoms with Crippen LogP contribution < -0.4 is 10.6 Å². The molecule has 2 aromatic heterocycles. The number of carbonyl (C=O) groups is 4. The Balaban J connectivity index is 1.27. The van der Waals surface area contributed by atoms with E-state index in [2.05, 4.69) is 95.1 Å². The summed E-state index contributed by atoms with van der Waals surface area (Å²) in [6.45, 7) is 19.9. The third kappa shape index (κ3) is 10.8. The highest BCUT2D eigenvalue weighted by Crippen LogP contribution is 2.42. The van der Waals surface area contributed by atoms with Crippen molar-refractivity contribution < 1.29 is 29.4 Å². The molecule has 6 atom stereocenters. The number of aliphatic hydroxyl groups excluding tert-OH is 2. The van der Waals surface area contributed by atoms with Crippen molar-refractivity contribution >= 4 is 45.3 Å². The Morgan fingerprint density at radius 3 is 1.54 bits per heavy atom. The van der Waals surface area contributed by atoms with Crippen LogP contribution >= 0.6 is 0 Å². The van der Waals surface area contributed by atoms with Crippen LogP contribution in [0, 0.1) is 22.7 Å². The van der Waals surface area contributed by atoms with Crippen LogP contribution in [0.15, 0.2) is 72.8 Å². The zero-order valence-electron chi connectivity index (χ0n) is 43.6. The standard InChI is InChI=1S/C58H80N6O6/c1-11-37(2)54(68)60-53(58(7,8)9)56(70)62-29-17-19-42(62)35-46-44-21-13-15-23-49(44)64(31-33-66)52(46)40-26-24-39(25-27-40)51-45(43-20-12-14-22-48(43)63(51)30-32-65)34-41-18-16-28-61(41)55(69)47(57(4,5)6)36-50(67)38(3)59-10/h12-15,20-27,37-38,41-42,47,53,59,65-66H,11,16-19,28-36H2,1-10H3,(H,60,68)/t37-,38+,41+,42+,47-,53?/m1/s1. The number of fused-ring (bicyclic) bond motifs is 2. The lowest BCUT2D eigenvalue weighted by Gasteiger charge is -2.36. The van der Waals surface area contributed by atoms with Gasteiger partial charge in [0.1, 0.15) is 11.8 Å². The lowest BCUT2D eigenvalue weighted by atomic mass is 9.76. The number of nitrogens with zero attached hydrogens (tertiary/aromatic N) is 4. The molecule has 0 aliphatic carbocycles. The zero-order chi connectivity index (χ0) is 50.7. The Morgan fingerprint density at radius 2 is 1.13 bits per heavy atom. The van der Waals surface area contributed by atoms with E-state index in [0.29, 0.717) is 45.4 Å². The second kappa shape index (κ2) is 22.0. The minimum absolute atomic E-state index is 0.0391. The number of nitrogens with one attached hydrogen (secondary N) is 2. The van der Waals surface area contributed by atoms with Gasteiger partial charge in [-0.05, 0) is 104 Å². The Labute approximate surface area is 416 Å². The highest BCUT2D eigenvalue weighted by Gasteiger charge is 2.42. The van der Waals surface area contributed by atoms with Crippen LogP contribution in [0.5, 0.6) is 0 Å². The van der Waals surface area contributed by atoms with E-state index in [4.69, 9.17) is 0 Å². The number of hydrogen-bond acceptors (Lipinski definition) is 7. The van der Waals surface area contributed by atoms with Crippen molar-refractivity contribution in [2.75, 3.05) is 33.4 Å². The van der Waals surface area contributed by atoms with Gasteiger partial charge in [0.2, 0.25) is 17.7 Å². The van der Waals surface area contributed by atoms with E-state index in [9.17, 15) is 29.4 Å². The third-order valence-corrected chi connectivity index (χ3v) is 15.6. The normalized spacial score (nSPS) is 18.4. The van der Waals surface area contributed by atoms with Gasteiger partial charge in [0.25, 0.3) is 0 Å². The molecule has 2 saturated heterocycles. The van der Waals surface area contributed by atoms with Crippen molar-refractivity contribution in [2.45, 2.75) is 151 Å². The quantitative estimate of drug-likeness (QED) is 0.0647. The molecular formula is C58H80N6O6. The maximum Gasteiger partial charge on any atom is 0.245 e. The van der Waals surface area contributed by atoms with Gasteiger partial charge in [-0.25, -0.2) is 0 Å². The van der Waals surface area contributed by atoms with Gasteiger partial charge < -0.3 is 39.8 Å². The molecule has 0 radical (unpaired) electrons. The minimum atomic E-state index is -0.663. The van der Waals surface area contributed by atoms with E-state index in [1.54, 1.807) is 7.05 Å². The number of likely N-dealkylation sites (tertiary alicyclic amines) is 2. The van der Waals surface area contributed by atoms with E-state index in [1.165, 1.54) is 0 Å². The van der Waals surface area contributed by atoms with Gasteiger partial charge in [-0.3, -0.25) is 19.2 Å². The molecular weight excluding hydrogens is 877 g/mol. The molecule has 2 fully saturated rings. The number of amides is 3. The largest absolute Gasteiger partial charge is 0.395 e. The summed E-state index contributed by atoms with van der Waals surface area (Å²) >= 11 is 0. The number of aromatic nitrogens is 2. The first kappa shape index (κ1) is 52.5. The van der Waals surface area contributed by atoms with Crippen molar-refractivity contribution in [2.24, 2.45) is 22.7 Å². The summed E-state index contributed by atoms with van der Waals surface area (Å²) in [5.41, 5.74) is 7.39. The summed E-state index contributed by atoms with van der Waals surface area (Å²) in [5.74, 6) is -0.711. The number of ketones is 1. The van der Waals surface area contributed by atoms with Crippen LogP contribution in [0.3, 0.4) is 0 Å². The van der Waals surface area contributed by atoms with Gasteiger partial charge in [0, 0.05) is 78.3 Å². The molecule has 70 heavy (non-hydrogen) atoms. The Kier molecular flexibility index (Phi) is 16.5. The Hall–Kier alpha value is -5.30. The highest BCUT2D eigenvalue weighted by atomic mass is 16.3. The Morgan fingerprint density at radius 1 is 0.671 bits per heavy atom. The van der Waals surface area contributed by atoms with Gasteiger partial charge in [-0.2, -0.15) is 0 Å². The molecule has 2 aliphatic heterocycles. The molecule has 4 N–H and O–H groups in total. The van der Waals surface area contributed by atoms with Crippen LogP contribution in [0.4, 0.5) is 0 Å². The van der Waals surface area contributed by atoms with Crippen LogP contribution in [-0.2, 0) is 45.1 Å². The fourth-order valence-corrected chi connectivity index (χ4v) is 11.2. The van der Waals surface area contributed by atoms with Crippen LogP contribution in [0.1, 0.15) is 112 Å². The maximum absolute atomic E-state index is 14.7. The number of rotatable bonds is 19. The predicted molar refractivity (Wildman–Crippen MR) is 281 cm³/mol. The molecule has 4 heterocycles. The molecule has 0 bridgehead atoms. The molecule has 7 rings (SSSR count). The first-order valence-electron chi connectivity index (χ1n) is 26.0. The highest BCUT2D eigenvalue weighted by molar-refractivity contribution is 5.95. The number of likely N-dealkylation sites (N-methyl/N-ethyl adjacent to an activating group) is 1. The lowest BCUT2D eigenvalue weighted by Crippen LogP contribution is -2.56. The van der Waals surface area contributed by atoms with Crippen molar-refractivity contribution in [3.63, 3.8) is 0 Å². The summed E-state index contributed by atoms with van der Waals surface area (Å²) in [6, 6.07) is 24.1. The number of para-hydroxylation sites is 2. The van der Waals surface area contributed by atoms with Gasteiger partial charge in [-0.15, -0.1) is 0 Å². The average molecular weight is 957 g/mol. The summed E-state index contributed by atoms with van der Waals surface area (Å²) < 4.78 is 4.43. The van der Waals surface area contributed by atoms with Gasteiger partial charge >= 0.3 is 0 Å². The molecule has 12 heteroatoms. The summed E-state index contributed by atoms with van der Waals surface area (Å²) in [6.07, 6.45) is 5.57. The summed E-state index contributed by atoms with van der Waals surface area (Å²) in [5, 5.41) is 29.4.